The van der Waals surface area contributed by atoms with E-state index in [0.29, 0.717) is 30.0 Å². The van der Waals surface area contributed by atoms with Crippen molar-refractivity contribution in [3.63, 3.8) is 0 Å². The van der Waals surface area contributed by atoms with Crippen LogP contribution >= 0.6 is 21.6 Å². The number of nitrogens with two attached hydrogens (primary N) is 1. The van der Waals surface area contributed by atoms with E-state index < -0.39 is 0 Å². The summed E-state index contributed by atoms with van der Waals surface area (Å²) in [5, 5.41) is 10.7. The highest BCUT2D eigenvalue weighted by atomic mass is 33.1. The van der Waals surface area contributed by atoms with Gasteiger partial charge in [-0.15, -0.1) is 0 Å². The van der Waals surface area contributed by atoms with Crippen LogP contribution < -0.4 is 5.73 Å². The van der Waals surface area contributed by atoms with Crippen LogP contribution in [0.3, 0.4) is 0 Å². The molecule has 0 bridgehead atoms. The van der Waals surface area contributed by atoms with E-state index in [2.05, 4.69) is 16.5 Å². The molecule has 1 aromatic heterocycles. The molecule has 6 nitrogen and oxygen atoms in total. The molecule has 0 spiro atoms. The lowest BCUT2D eigenvalue weighted by atomic mass is 10.3. The first-order valence-corrected chi connectivity index (χ1v) is 8.36. The molecule has 1 heterocycles. The van der Waals surface area contributed by atoms with E-state index in [4.69, 9.17) is 10.8 Å². The Balaban J connectivity index is 2.84. The van der Waals surface area contributed by atoms with Crippen molar-refractivity contribution in [3.05, 3.63) is 40.7 Å². The van der Waals surface area contributed by atoms with Crippen molar-refractivity contribution in [2.45, 2.75) is 19.9 Å². The molecule has 3 N–H and O–H groups in total. The van der Waals surface area contributed by atoms with Gasteiger partial charge in [-0.2, -0.15) is 0 Å². The molecule has 0 saturated carbocycles. The van der Waals surface area contributed by atoms with Gasteiger partial charge in [-0.1, -0.05) is 28.2 Å². The fourth-order valence-corrected chi connectivity index (χ4v) is 2.96. The topological polar surface area (TPSA) is 92.3 Å². The molecule has 114 valence electrons. The Labute approximate surface area is 131 Å². The van der Waals surface area contributed by atoms with Crippen LogP contribution in [0.25, 0.3) is 0 Å². The Kier molecular flexibility index (Phi) is 7.88. The van der Waals surface area contributed by atoms with Crippen LogP contribution in [-0.4, -0.2) is 33.0 Å². The van der Waals surface area contributed by atoms with Crippen LogP contribution in [0.1, 0.15) is 17.8 Å². The van der Waals surface area contributed by atoms with E-state index in [1.165, 1.54) is 26.5 Å². The van der Waals surface area contributed by atoms with Gasteiger partial charge in [0.25, 0.3) is 0 Å². The van der Waals surface area contributed by atoms with Crippen LogP contribution in [0.5, 0.6) is 0 Å². The second-order valence-corrected chi connectivity index (χ2v) is 6.31. The maximum atomic E-state index is 11.2. The summed E-state index contributed by atoms with van der Waals surface area (Å²) in [5.74, 6) is 0.947. The Hall–Kier alpha value is -1.51. The van der Waals surface area contributed by atoms with Gasteiger partial charge in [-0.3, -0.25) is 4.79 Å². The van der Waals surface area contributed by atoms with Gasteiger partial charge >= 0.3 is 0 Å². The second-order valence-electron chi connectivity index (χ2n) is 4.02. The molecule has 21 heavy (non-hydrogen) atoms. The molecule has 0 saturated heterocycles. The van der Waals surface area contributed by atoms with Gasteiger partial charge in [-0.25, -0.2) is 9.97 Å². The normalized spacial score (nSPS) is 11.2. The molecule has 1 rings (SSSR count). The number of aromatic nitrogens is 2. The predicted octanol–water partition coefficient (Wildman–Crippen LogP) is 2.07. The van der Waals surface area contributed by atoms with Crippen LogP contribution in [0.15, 0.2) is 29.3 Å². The highest BCUT2D eigenvalue weighted by Crippen LogP contribution is 2.32. The summed E-state index contributed by atoms with van der Waals surface area (Å²) in [5.41, 5.74) is 6.49. The zero-order valence-electron chi connectivity index (χ0n) is 11.7. The zero-order valence-corrected chi connectivity index (χ0v) is 13.4. The third-order valence-corrected chi connectivity index (χ3v) is 4.49. The third-order valence-electron chi connectivity index (χ3n) is 2.40. The van der Waals surface area contributed by atoms with Gasteiger partial charge in [0.2, 0.25) is 6.41 Å². The van der Waals surface area contributed by atoms with Gasteiger partial charge < -0.3 is 15.7 Å². The molecule has 0 aliphatic rings. The highest BCUT2D eigenvalue weighted by Gasteiger charge is 2.08. The molecule has 1 amide bonds. The first-order chi connectivity index (χ1) is 10.1. The average molecular weight is 326 g/mol. The Morgan fingerprint density at radius 2 is 2.38 bits per heavy atom. The van der Waals surface area contributed by atoms with E-state index >= 15 is 0 Å². The van der Waals surface area contributed by atoms with Crippen LogP contribution in [0, 0.1) is 6.92 Å². The number of aliphatic hydroxyl groups is 1. The average Bonchev–Trinajstić information content (AvgIpc) is 2.46. The van der Waals surface area contributed by atoms with Crippen molar-refractivity contribution in [2.75, 3.05) is 12.3 Å². The van der Waals surface area contributed by atoms with Crippen LogP contribution in [0.2, 0.25) is 0 Å². The molecular formula is C13H18N4O2S2. The van der Waals surface area contributed by atoms with Crippen LogP contribution in [0.4, 0.5) is 5.82 Å². The van der Waals surface area contributed by atoms with Gasteiger partial charge in [0.1, 0.15) is 11.6 Å². The maximum Gasteiger partial charge on any atom is 0.214 e. The van der Waals surface area contributed by atoms with Gasteiger partial charge in [0.15, 0.2) is 0 Å². The van der Waals surface area contributed by atoms with Crippen molar-refractivity contribution in [3.8, 4) is 0 Å². The zero-order chi connectivity index (χ0) is 15.7. The number of anilines is 1. The highest BCUT2D eigenvalue weighted by molar-refractivity contribution is 8.79. The number of rotatable bonds is 9. The fourth-order valence-electron chi connectivity index (χ4n) is 1.46. The van der Waals surface area contributed by atoms with Crippen molar-refractivity contribution >= 4 is 33.8 Å². The molecule has 0 atom stereocenters. The van der Waals surface area contributed by atoms with E-state index in [-0.39, 0.29) is 13.2 Å². The standard InChI is InChI=1S/C13H18N4O2S2/c1-3-20-21-12(4-5-18)8-17(9-19)7-11-6-15-10(2)16-13(11)14/h3,6,8-9,18H,1,4-5,7H2,2H3,(H2,14,15,16)/b12-8+. The number of hydrogen-bond acceptors (Lipinski definition) is 7. The maximum absolute atomic E-state index is 11.2. The smallest absolute Gasteiger partial charge is 0.214 e. The lowest BCUT2D eigenvalue weighted by Gasteiger charge is -2.15. The monoisotopic (exact) mass is 326 g/mol. The van der Waals surface area contributed by atoms with E-state index in [1.807, 2.05) is 0 Å². The lowest BCUT2D eigenvalue weighted by Crippen LogP contribution is -2.17. The van der Waals surface area contributed by atoms with Crippen molar-refractivity contribution in [2.24, 2.45) is 0 Å². The minimum absolute atomic E-state index is 0.0129. The second kappa shape index (κ2) is 9.43. The number of carbonyl (C=O) groups excluding carboxylic acids is 1. The predicted molar refractivity (Wildman–Crippen MR) is 88.0 cm³/mol. The van der Waals surface area contributed by atoms with Gasteiger partial charge in [-0.05, 0) is 12.3 Å². The number of amides is 1. The summed E-state index contributed by atoms with van der Waals surface area (Å²) in [7, 11) is 2.87. The molecule has 8 heteroatoms. The minimum atomic E-state index is 0.0129. The largest absolute Gasteiger partial charge is 0.396 e. The Morgan fingerprint density at radius 3 is 2.95 bits per heavy atom. The molecular weight excluding hydrogens is 308 g/mol. The quantitative estimate of drug-likeness (QED) is 0.530. The molecule has 0 radical (unpaired) electrons. The Bertz CT molecular complexity index is 523. The first kappa shape index (κ1) is 17.5. The number of carbonyl (C=O) groups is 1. The lowest BCUT2D eigenvalue weighted by molar-refractivity contribution is -0.116. The molecule has 0 aliphatic heterocycles. The number of aryl methyl sites for hydroxylation is 1. The molecule has 0 aromatic carbocycles. The summed E-state index contributed by atoms with van der Waals surface area (Å²) < 4.78 is 0. The number of nitrogens with zero attached hydrogens (tertiary/aromatic N) is 3. The number of nitrogen functional groups attached to an aromatic ring is 1. The molecule has 1 aromatic rings. The van der Waals surface area contributed by atoms with E-state index in [0.717, 1.165) is 4.91 Å². The fraction of sp³-hybridized carbons (Fsp3) is 0.308. The first-order valence-electron chi connectivity index (χ1n) is 6.15. The molecule has 0 fully saturated rings. The van der Waals surface area contributed by atoms with E-state index in [9.17, 15) is 4.79 Å². The summed E-state index contributed by atoms with van der Waals surface area (Å²) in [6.45, 7) is 5.66. The van der Waals surface area contributed by atoms with Gasteiger partial charge in [0, 0.05) is 35.9 Å². The van der Waals surface area contributed by atoms with Crippen molar-refractivity contribution in [1.82, 2.24) is 14.9 Å². The summed E-state index contributed by atoms with van der Waals surface area (Å²) >= 11 is 0. The molecule has 0 aliphatic carbocycles. The van der Waals surface area contributed by atoms with E-state index in [1.54, 1.807) is 24.7 Å². The summed E-state index contributed by atoms with van der Waals surface area (Å²) in [6, 6.07) is 0. The summed E-state index contributed by atoms with van der Waals surface area (Å²) in [4.78, 5) is 21.7. The van der Waals surface area contributed by atoms with Crippen molar-refractivity contribution < 1.29 is 9.90 Å². The minimum Gasteiger partial charge on any atom is -0.396 e. The van der Waals surface area contributed by atoms with Crippen molar-refractivity contribution in [1.29, 1.82) is 0 Å². The Morgan fingerprint density at radius 1 is 1.62 bits per heavy atom. The SMILES string of the molecule is C=CSS/C(=C/N(C=O)Cc1cnc(C)nc1N)CCO. The van der Waals surface area contributed by atoms with Gasteiger partial charge in [0.05, 0.1) is 6.54 Å². The third kappa shape index (κ3) is 6.19. The molecule has 0 unspecified atom stereocenters. The summed E-state index contributed by atoms with van der Waals surface area (Å²) in [6.07, 6.45) is 4.47. The van der Waals surface area contributed by atoms with Crippen LogP contribution in [-0.2, 0) is 11.3 Å². The number of hydrogen-bond donors (Lipinski definition) is 2. The number of aliphatic hydroxyl groups excluding tert-OH is 1.